The van der Waals surface area contributed by atoms with Crippen LogP contribution in [0.3, 0.4) is 0 Å². The van der Waals surface area contributed by atoms with E-state index < -0.39 is 5.97 Å². The largest absolute Gasteiger partial charge is 0.507 e. The van der Waals surface area contributed by atoms with E-state index in [1.807, 2.05) is 23.9 Å². The molecule has 1 aromatic carbocycles. The maximum Gasteiger partial charge on any atom is 0.352 e. The molecule has 118 valence electrons. The maximum atomic E-state index is 11.6. The van der Waals surface area contributed by atoms with Gasteiger partial charge in [-0.2, -0.15) is 0 Å². The fraction of sp³-hybridized carbons (Fsp3) is 0.357. The number of benzene rings is 1. The molecule has 0 radical (unpaired) electrons. The molecule has 0 aliphatic carbocycles. The molecule has 0 saturated carbocycles. The fourth-order valence-electron chi connectivity index (χ4n) is 3.04. The third-order valence-corrected chi connectivity index (χ3v) is 4.91. The lowest BCUT2D eigenvalue weighted by molar-refractivity contribution is 0.0688. The third kappa shape index (κ3) is 2.19. The molecule has 1 fully saturated rings. The van der Waals surface area contributed by atoms with Crippen molar-refractivity contribution in [3.05, 3.63) is 27.9 Å². The number of phenols is 1. The molecule has 2 aromatic rings. The van der Waals surface area contributed by atoms with Gasteiger partial charge in [-0.15, -0.1) is 0 Å². The second-order valence-corrected chi connectivity index (χ2v) is 6.46. The maximum absolute atomic E-state index is 11.6. The Morgan fingerprint density at radius 2 is 2.14 bits per heavy atom. The van der Waals surface area contributed by atoms with Crippen molar-refractivity contribution in [3.8, 4) is 5.75 Å². The lowest BCUT2D eigenvalue weighted by Crippen LogP contribution is -2.42. The average Bonchev–Trinajstić information content (AvgIpc) is 2.92. The molecule has 2 heterocycles. The SMILES string of the molecule is CN1CC(c2c(C(=O)O)[nH]c3cc(O)c(Br)cc23)N(C)C1N. The van der Waals surface area contributed by atoms with Gasteiger partial charge in [-0.3, -0.25) is 9.80 Å². The van der Waals surface area contributed by atoms with Crippen molar-refractivity contribution >= 4 is 32.8 Å². The number of halogens is 1. The number of nitrogens with one attached hydrogen (secondary N) is 1. The van der Waals surface area contributed by atoms with Crippen LogP contribution < -0.4 is 5.73 Å². The number of aromatic hydroxyl groups is 1. The molecule has 8 heteroatoms. The van der Waals surface area contributed by atoms with Crippen LogP contribution in [0, 0.1) is 0 Å². The van der Waals surface area contributed by atoms with E-state index in [1.54, 1.807) is 6.07 Å². The molecule has 3 rings (SSSR count). The Bertz CT molecular complexity index is 760. The topological polar surface area (TPSA) is 106 Å². The second kappa shape index (κ2) is 5.24. The lowest BCUT2D eigenvalue weighted by atomic mass is 10.0. The number of aromatic amines is 1. The van der Waals surface area contributed by atoms with Crippen molar-refractivity contribution in [1.82, 2.24) is 14.8 Å². The number of H-pyrrole nitrogens is 1. The lowest BCUT2D eigenvalue weighted by Gasteiger charge is -2.23. The minimum Gasteiger partial charge on any atom is -0.507 e. The molecule has 7 nitrogen and oxygen atoms in total. The van der Waals surface area contributed by atoms with Crippen LogP contribution in [0.2, 0.25) is 0 Å². The van der Waals surface area contributed by atoms with E-state index in [4.69, 9.17) is 5.73 Å². The van der Waals surface area contributed by atoms with E-state index in [2.05, 4.69) is 20.9 Å². The number of carbonyl (C=O) groups is 1. The van der Waals surface area contributed by atoms with Gasteiger partial charge in [0.1, 0.15) is 17.7 Å². The van der Waals surface area contributed by atoms with E-state index in [1.165, 1.54) is 6.07 Å². The van der Waals surface area contributed by atoms with Crippen molar-refractivity contribution in [3.63, 3.8) is 0 Å². The fourth-order valence-corrected chi connectivity index (χ4v) is 3.38. The second-order valence-electron chi connectivity index (χ2n) is 5.60. The van der Waals surface area contributed by atoms with Crippen LogP contribution >= 0.6 is 15.9 Å². The number of nitrogens with two attached hydrogens (primary N) is 1. The molecule has 1 aromatic heterocycles. The molecule has 22 heavy (non-hydrogen) atoms. The molecule has 1 aliphatic heterocycles. The Hall–Kier alpha value is -1.61. The van der Waals surface area contributed by atoms with Crippen LogP contribution in [-0.4, -0.2) is 57.9 Å². The van der Waals surface area contributed by atoms with Crippen molar-refractivity contribution in [2.45, 2.75) is 12.3 Å². The number of carboxylic acid groups (broad SMARTS) is 1. The van der Waals surface area contributed by atoms with Gasteiger partial charge in [0.05, 0.1) is 16.0 Å². The number of likely N-dealkylation sites (N-methyl/N-ethyl adjacent to an activating group) is 2. The summed E-state index contributed by atoms with van der Waals surface area (Å²) in [5.74, 6) is -0.968. The number of hydrogen-bond donors (Lipinski definition) is 4. The van der Waals surface area contributed by atoms with E-state index in [0.29, 0.717) is 22.1 Å². The first-order valence-electron chi connectivity index (χ1n) is 6.76. The summed E-state index contributed by atoms with van der Waals surface area (Å²) in [6.45, 7) is 0.628. The van der Waals surface area contributed by atoms with Crippen molar-refractivity contribution in [1.29, 1.82) is 0 Å². The summed E-state index contributed by atoms with van der Waals surface area (Å²) in [7, 11) is 3.77. The molecular weight excluding hydrogens is 352 g/mol. The molecular formula is C14H17BrN4O3. The van der Waals surface area contributed by atoms with Crippen LogP contribution in [0.25, 0.3) is 10.9 Å². The smallest absolute Gasteiger partial charge is 0.352 e. The molecule has 0 bridgehead atoms. The van der Waals surface area contributed by atoms with Crippen LogP contribution in [0.15, 0.2) is 16.6 Å². The highest BCUT2D eigenvalue weighted by Crippen LogP contribution is 2.39. The Morgan fingerprint density at radius 1 is 1.45 bits per heavy atom. The van der Waals surface area contributed by atoms with Gasteiger partial charge in [-0.25, -0.2) is 4.79 Å². The van der Waals surface area contributed by atoms with Crippen LogP contribution in [0.1, 0.15) is 22.1 Å². The summed E-state index contributed by atoms with van der Waals surface area (Å²) in [5.41, 5.74) is 7.49. The molecule has 0 amide bonds. The Morgan fingerprint density at radius 3 is 2.68 bits per heavy atom. The molecule has 2 atom stereocenters. The van der Waals surface area contributed by atoms with Gasteiger partial charge in [-0.05, 0) is 36.1 Å². The number of aromatic nitrogens is 1. The standard InChI is InChI=1S/C14H17BrN4O3/c1-18-5-9(19(2)14(18)16)11-6-3-7(15)10(20)4-8(6)17-12(11)13(21)22/h3-4,9,14,17,20H,5,16H2,1-2H3,(H,21,22). The number of rotatable bonds is 2. The van der Waals surface area contributed by atoms with Crippen LogP contribution in [0.5, 0.6) is 5.75 Å². The minimum atomic E-state index is -1.03. The Labute approximate surface area is 135 Å². The predicted molar refractivity (Wildman–Crippen MR) is 85.7 cm³/mol. The molecule has 1 aliphatic rings. The van der Waals surface area contributed by atoms with Gasteiger partial charge in [0, 0.05) is 23.6 Å². The third-order valence-electron chi connectivity index (χ3n) is 4.27. The summed E-state index contributed by atoms with van der Waals surface area (Å²) in [6.07, 6.45) is -0.267. The number of aromatic carboxylic acids is 1. The first-order valence-corrected chi connectivity index (χ1v) is 7.55. The minimum absolute atomic E-state index is 0.0610. The number of hydrogen-bond acceptors (Lipinski definition) is 5. The van der Waals surface area contributed by atoms with E-state index >= 15 is 0 Å². The number of nitrogens with zero attached hydrogens (tertiary/aromatic N) is 2. The van der Waals surface area contributed by atoms with Gasteiger partial charge >= 0.3 is 5.97 Å². The summed E-state index contributed by atoms with van der Waals surface area (Å²) < 4.78 is 0.524. The summed E-state index contributed by atoms with van der Waals surface area (Å²) >= 11 is 3.28. The number of fused-ring (bicyclic) bond motifs is 1. The zero-order valence-corrected chi connectivity index (χ0v) is 13.8. The monoisotopic (exact) mass is 368 g/mol. The van der Waals surface area contributed by atoms with Crippen molar-refractivity contribution in [2.75, 3.05) is 20.6 Å². The van der Waals surface area contributed by atoms with Crippen LogP contribution in [0.4, 0.5) is 0 Å². The number of carboxylic acids is 1. The van der Waals surface area contributed by atoms with Crippen molar-refractivity contribution in [2.24, 2.45) is 5.73 Å². The molecule has 5 N–H and O–H groups in total. The van der Waals surface area contributed by atoms with Crippen LogP contribution in [-0.2, 0) is 0 Å². The molecule has 0 spiro atoms. The average molecular weight is 369 g/mol. The Balaban J connectivity index is 2.25. The van der Waals surface area contributed by atoms with Gasteiger partial charge < -0.3 is 20.9 Å². The highest BCUT2D eigenvalue weighted by atomic mass is 79.9. The summed E-state index contributed by atoms with van der Waals surface area (Å²) in [4.78, 5) is 18.4. The van der Waals surface area contributed by atoms with E-state index in [-0.39, 0.29) is 23.8 Å². The quantitative estimate of drug-likeness (QED) is 0.639. The number of phenolic OH excluding ortho intramolecular Hbond substituents is 1. The van der Waals surface area contributed by atoms with Gasteiger partial charge in [0.25, 0.3) is 0 Å². The normalized spacial score (nSPS) is 23.5. The zero-order valence-electron chi connectivity index (χ0n) is 12.2. The predicted octanol–water partition coefficient (Wildman–Crippen LogP) is 1.49. The zero-order chi connectivity index (χ0) is 16.2. The van der Waals surface area contributed by atoms with Gasteiger partial charge in [0.2, 0.25) is 0 Å². The Kier molecular flexibility index (Phi) is 3.64. The summed E-state index contributed by atoms with van der Waals surface area (Å²) in [6, 6.07) is 3.12. The van der Waals surface area contributed by atoms with E-state index in [9.17, 15) is 15.0 Å². The molecule has 2 unspecified atom stereocenters. The van der Waals surface area contributed by atoms with Gasteiger partial charge in [0.15, 0.2) is 0 Å². The van der Waals surface area contributed by atoms with E-state index in [0.717, 1.165) is 5.39 Å². The highest BCUT2D eigenvalue weighted by Gasteiger charge is 2.37. The molecule has 1 saturated heterocycles. The van der Waals surface area contributed by atoms with Crippen molar-refractivity contribution < 1.29 is 15.0 Å². The highest BCUT2D eigenvalue weighted by molar-refractivity contribution is 9.10. The first-order chi connectivity index (χ1) is 10.3. The first kappa shape index (κ1) is 15.3. The van der Waals surface area contributed by atoms with Gasteiger partial charge in [-0.1, -0.05) is 0 Å². The summed E-state index contributed by atoms with van der Waals surface area (Å²) in [5, 5.41) is 20.1.